The summed E-state index contributed by atoms with van der Waals surface area (Å²) < 4.78 is 1.36. The predicted octanol–water partition coefficient (Wildman–Crippen LogP) is 13.7. The first-order valence-corrected chi connectivity index (χ1v) is 19.5. The number of nitrogens with zero attached hydrogens (tertiary/aromatic N) is 2. The summed E-state index contributed by atoms with van der Waals surface area (Å²) >= 11 is 1.93. The molecule has 266 valence electrons. The fourth-order valence-electron chi connectivity index (χ4n) is 8.26. The van der Waals surface area contributed by atoms with E-state index in [1.165, 1.54) is 76.2 Å². The van der Waals surface area contributed by atoms with E-state index in [0.717, 1.165) is 17.7 Å². The molecule has 2 nitrogen and oxygen atoms in total. The van der Waals surface area contributed by atoms with E-state index < -0.39 is 0 Å². The number of thiophene rings is 1. The third-order valence-electron chi connectivity index (χ3n) is 10.8. The molecule has 55 heavy (non-hydrogen) atoms. The topological polar surface area (TPSA) is 24.7 Å². The average molecular weight is 727 g/mol. The first kappa shape index (κ1) is 35.6. The maximum absolute atomic E-state index is 4.18. The summed E-state index contributed by atoms with van der Waals surface area (Å²) in [5.74, 6) is 0. The lowest BCUT2D eigenvalue weighted by Crippen LogP contribution is -2.25. The van der Waals surface area contributed by atoms with Gasteiger partial charge in [0.2, 0.25) is 0 Å². The largest absolute Gasteiger partial charge is 0.296 e. The Kier molecular flexibility index (Phi) is 10.0. The van der Waals surface area contributed by atoms with Gasteiger partial charge in [-0.05, 0) is 104 Å². The van der Waals surface area contributed by atoms with Crippen LogP contribution >= 0.6 is 11.3 Å². The summed E-state index contributed by atoms with van der Waals surface area (Å²) in [5, 5.41) is 1.37. The summed E-state index contributed by atoms with van der Waals surface area (Å²) in [5.41, 5.74) is 16.2. The normalized spacial score (nSPS) is 14.0. The quantitative estimate of drug-likeness (QED) is 0.152. The van der Waals surface area contributed by atoms with Gasteiger partial charge < -0.3 is 0 Å². The van der Waals surface area contributed by atoms with E-state index in [2.05, 4.69) is 176 Å². The van der Waals surface area contributed by atoms with Gasteiger partial charge in [0, 0.05) is 9.58 Å². The van der Waals surface area contributed by atoms with Crippen molar-refractivity contribution < 1.29 is 0 Å². The minimum atomic E-state index is -0.307. The molecule has 2 aliphatic carbocycles. The van der Waals surface area contributed by atoms with Crippen molar-refractivity contribution in [3.63, 3.8) is 0 Å². The number of fused-ring (bicyclic) bond motifs is 12. The fraction of sp³-hybridized carbons (Fsp3) is 0.0769. The number of aliphatic imine (C=N–C) groups is 2. The van der Waals surface area contributed by atoms with Gasteiger partial charge in [0.1, 0.15) is 0 Å². The Morgan fingerprint density at radius 1 is 0.582 bits per heavy atom. The van der Waals surface area contributed by atoms with E-state index in [9.17, 15) is 0 Å². The SMILES string of the molecule is C=NC(=C)c1ccccc1.C=NCc1ccccc1-c1ccc2c(c1)-c1ccccc1C21c2ccccc2-c2sc3ccccc3c21.CCc1ccccc1. The van der Waals surface area contributed by atoms with Crippen molar-refractivity contribution in [3.05, 3.63) is 221 Å². The molecule has 10 rings (SSSR count). The molecule has 1 atom stereocenters. The Balaban J connectivity index is 0.000000195. The zero-order chi connectivity index (χ0) is 37.8. The fourth-order valence-corrected chi connectivity index (χ4v) is 9.56. The zero-order valence-corrected chi connectivity index (χ0v) is 31.9. The molecule has 1 spiro atoms. The maximum atomic E-state index is 4.18. The highest BCUT2D eigenvalue weighted by Crippen LogP contribution is 2.66. The van der Waals surface area contributed by atoms with Crippen molar-refractivity contribution in [3.8, 4) is 32.7 Å². The first-order valence-electron chi connectivity index (χ1n) is 18.7. The number of benzene rings is 7. The smallest absolute Gasteiger partial charge is 0.0740 e. The van der Waals surface area contributed by atoms with Gasteiger partial charge in [-0.1, -0.05) is 177 Å². The molecule has 0 saturated heterocycles. The molecule has 2 aliphatic rings. The molecule has 0 aliphatic heterocycles. The maximum Gasteiger partial charge on any atom is 0.0740 e. The lowest BCUT2D eigenvalue weighted by molar-refractivity contribution is 0.803. The number of rotatable bonds is 6. The Labute approximate surface area is 328 Å². The highest BCUT2D eigenvalue weighted by molar-refractivity contribution is 7.22. The van der Waals surface area contributed by atoms with E-state index in [-0.39, 0.29) is 5.41 Å². The van der Waals surface area contributed by atoms with Gasteiger partial charge in [-0.15, -0.1) is 11.3 Å². The van der Waals surface area contributed by atoms with Crippen LogP contribution in [0.4, 0.5) is 0 Å². The summed E-state index contributed by atoms with van der Waals surface area (Å²) in [6.07, 6.45) is 1.14. The zero-order valence-electron chi connectivity index (χ0n) is 31.1. The molecule has 3 heteroatoms. The molecular formula is C52H42N2S. The third-order valence-corrected chi connectivity index (χ3v) is 12.0. The summed E-state index contributed by atoms with van der Waals surface area (Å²) in [6, 6.07) is 62.9. The van der Waals surface area contributed by atoms with E-state index in [4.69, 9.17) is 0 Å². The molecule has 1 heterocycles. The van der Waals surface area contributed by atoms with Crippen LogP contribution in [0.5, 0.6) is 0 Å². The van der Waals surface area contributed by atoms with Gasteiger partial charge >= 0.3 is 0 Å². The summed E-state index contributed by atoms with van der Waals surface area (Å²) in [6.45, 7) is 13.6. The van der Waals surface area contributed by atoms with Crippen LogP contribution in [0.2, 0.25) is 0 Å². The molecule has 0 saturated carbocycles. The second-order valence-corrected chi connectivity index (χ2v) is 14.8. The van der Waals surface area contributed by atoms with E-state index in [1.807, 2.05) is 47.7 Å². The van der Waals surface area contributed by atoms with Gasteiger partial charge in [-0.25, -0.2) is 0 Å². The van der Waals surface area contributed by atoms with Gasteiger partial charge in [0.25, 0.3) is 0 Å². The van der Waals surface area contributed by atoms with Gasteiger partial charge in [-0.3, -0.25) is 9.98 Å². The molecule has 1 aromatic heterocycles. The molecule has 0 fully saturated rings. The van der Waals surface area contributed by atoms with Crippen LogP contribution in [-0.4, -0.2) is 13.4 Å². The van der Waals surface area contributed by atoms with Crippen molar-refractivity contribution in [2.75, 3.05) is 0 Å². The highest BCUT2D eigenvalue weighted by Gasteiger charge is 2.53. The van der Waals surface area contributed by atoms with Crippen LogP contribution < -0.4 is 0 Å². The molecule has 0 amide bonds. The third kappa shape index (κ3) is 6.27. The summed E-state index contributed by atoms with van der Waals surface area (Å²) in [4.78, 5) is 9.31. The van der Waals surface area contributed by atoms with Crippen molar-refractivity contribution in [1.82, 2.24) is 0 Å². The van der Waals surface area contributed by atoms with Crippen LogP contribution in [0.1, 0.15) is 45.9 Å². The molecule has 7 aromatic carbocycles. The molecule has 0 N–H and O–H groups in total. The van der Waals surface area contributed by atoms with E-state index in [1.54, 1.807) is 0 Å². The lowest BCUT2D eigenvalue weighted by Gasteiger charge is -2.30. The van der Waals surface area contributed by atoms with Crippen molar-refractivity contribution in [1.29, 1.82) is 0 Å². The average Bonchev–Trinajstić information content (AvgIpc) is 3.88. The van der Waals surface area contributed by atoms with Gasteiger partial charge in [0.05, 0.1) is 17.7 Å². The van der Waals surface area contributed by atoms with Crippen LogP contribution in [0.15, 0.2) is 192 Å². The number of hydrogen-bond acceptors (Lipinski definition) is 3. The second-order valence-electron chi connectivity index (χ2n) is 13.8. The van der Waals surface area contributed by atoms with E-state index in [0.29, 0.717) is 6.54 Å². The predicted molar refractivity (Wildman–Crippen MR) is 238 cm³/mol. The summed E-state index contributed by atoms with van der Waals surface area (Å²) in [7, 11) is 0. The molecule has 1 unspecified atom stereocenters. The Bertz CT molecular complexity index is 2670. The van der Waals surface area contributed by atoms with Crippen LogP contribution in [0.3, 0.4) is 0 Å². The van der Waals surface area contributed by atoms with Crippen LogP contribution in [0.25, 0.3) is 48.5 Å². The van der Waals surface area contributed by atoms with Crippen molar-refractivity contribution in [2.24, 2.45) is 9.98 Å². The molecule has 0 radical (unpaired) electrons. The highest BCUT2D eigenvalue weighted by atomic mass is 32.1. The van der Waals surface area contributed by atoms with Crippen molar-refractivity contribution in [2.45, 2.75) is 25.3 Å². The molecule has 0 bridgehead atoms. The minimum Gasteiger partial charge on any atom is -0.296 e. The van der Waals surface area contributed by atoms with Crippen LogP contribution in [-0.2, 0) is 18.4 Å². The Morgan fingerprint density at radius 3 is 1.85 bits per heavy atom. The van der Waals surface area contributed by atoms with E-state index >= 15 is 0 Å². The molecular weight excluding hydrogens is 685 g/mol. The minimum absolute atomic E-state index is 0.307. The Morgan fingerprint density at radius 2 is 1.16 bits per heavy atom. The standard InChI is InChI=1S/C35H23NS.C9H9N.C8H10/c1-36-21-23-10-2-3-11-24(23)22-18-19-31-28(20-22)25-12-4-7-15-29(25)35(31)30-16-8-5-13-26(30)34-33(35)27-14-6-9-17-32(27)37-34;1-8(10-2)9-6-4-3-5-7-9;1-2-8-6-4-3-5-7-8/h2-20H,1,21H2;3-7H,1-2H2;3-7H,2H2,1H3. The first-order chi connectivity index (χ1) is 27.1. The van der Waals surface area contributed by atoms with Gasteiger partial charge in [-0.2, -0.15) is 0 Å². The van der Waals surface area contributed by atoms with Gasteiger partial charge in [0.15, 0.2) is 0 Å². The number of aryl methyl sites for hydroxylation is 1. The second kappa shape index (κ2) is 15.5. The van der Waals surface area contributed by atoms with Crippen LogP contribution in [0, 0.1) is 0 Å². The monoisotopic (exact) mass is 726 g/mol. The lowest BCUT2D eigenvalue weighted by atomic mass is 9.70. The Hall–Kier alpha value is -6.42. The number of hydrogen-bond donors (Lipinski definition) is 0. The van der Waals surface area contributed by atoms with Crippen molar-refractivity contribution >= 4 is 40.6 Å². The molecule has 8 aromatic rings.